The summed E-state index contributed by atoms with van der Waals surface area (Å²) in [4.78, 5) is 1.72. The van der Waals surface area contributed by atoms with Crippen LogP contribution in [0.15, 0.2) is 12.3 Å². The quantitative estimate of drug-likeness (QED) is 0.835. The lowest BCUT2D eigenvalue weighted by molar-refractivity contribution is 0.579. The van der Waals surface area contributed by atoms with Gasteiger partial charge in [0.25, 0.3) is 0 Å². The molecule has 0 bridgehead atoms. The molecule has 0 spiro atoms. The lowest BCUT2D eigenvalue weighted by atomic mass is 9.98. The van der Waals surface area contributed by atoms with E-state index >= 15 is 0 Å². The monoisotopic (exact) mass is 274 g/mol. The third kappa shape index (κ3) is 1.83. The van der Waals surface area contributed by atoms with Gasteiger partial charge >= 0.3 is 0 Å². The van der Waals surface area contributed by atoms with Crippen LogP contribution in [-0.4, -0.2) is 26.4 Å². The highest BCUT2D eigenvalue weighted by Crippen LogP contribution is 2.40. The third-order valence-corrected chi connectivity index (χ3v) is 6.71. The van der Waals surface area contributed by atoms with Gasteiger partial charge < -0.3 is 5.32 Å². The summed E-state index contributed by atoms with van der Waals surface area (Å²) in [6, 6.07) is 1.94. The van der Waals surface area contributed by atoms with Crippen LogP contribution in [0.1, 0.15) is 24.1 Å². The first-order chi connectivity index (χ1) is 7.71. The highest BCUT2D eigenvalue weighted by atomic mass is 32.2. The molecule has 0 aromatic carbocycles. The fourth-order valence-electron chi connectivity index (χ4n) is 2.09. The molecule has 1 aromatic heterocycles. The first kappa shape index (κ1) is 12.1. The van der Waals surface area contributed by atoms with Crippen molar-refractivity contribution in [3.05, 3.63) is 17.1 Å². The number of hydrogen-bond acceptors (Lipinski definition) is 4. The van der Waals surface area contributed by atoms with Crippen molar-refractivity contribution in [2.75, 3.05) is 12.8 Å². The zero-order chi connectivity index (χ0) is 11.6. The molecule has 1 N–H and O–H groups in total. The number of rotatable bonds is 2. The molecule has 16 heavy (non-hydrogen) atoms. The molecule has 6 heteroatoms. The molecule has 3 nitrogen and oxygen atoms in total. The van der Waals surface area contributed by atoms with Gasteiger partial charge in [-0.2, -0.15) is 0 Å². The summed E-state index contributed by atoms with van der Waals surface area (Å²) in [7, 11) is 0.873. The molecule has 2 heterocycles. The first-order valence-corrected chi connectivity index (χ1v) is 7.73. The van der Waals surface area contributed by atoms with Gasteiger partial charge in [-0.3, -0.25) is 4.21 Å². The van der Waals surface area contributed by atoms with Crippen molar-refractivity contribution in [3.63, 3.8) is 0 Å². The molecule has 1 saturated heterocycles. The second kappa shape index (κ2) is 4.89. The molecule has 0 radical (unpaired) electrons. The predicted molar refractivity (Wildman–Crippen MR) is 72.3 cm³/mol. The van der Waals surface area contributed by atoms with Crippen LogP contribution in [-0.2, 0) is 15.5 Å². The Balaban J connectivity index is 2.47. The number of aromatic nitrogens is 1. The smallest absolute Gasteiger partial charge is 0.131 e. The molecule has 0 unspecified atom stereocenters. The van der Waals surface area contributed by atoms with Crippen LogP contribution in [0.3, 0.4) is 0 Å². The van der Waals surface area contributed by atoms with E-state index < -0.39 is 15.5 Å². The minimum absolute atomic E-state index is 0.483. The van der Waals surface area contributed by atoms with Crippen LogP contribution in [0.2, 0.25) is 0 Å². The summed E-state index contributed by atoms with van der Waals surface area (Å²) in [6.45, 7) is 0. The predicted octanol–water partition coefficient (Wildman–Crippen LogP) is 1.82. The average molecular weight is 274 g/mol. The SMILES string of the molecule is CNC(=S)[C@]1(c2ccns2)CCCC[S@]1=O. The summed E-state index contributed by atoms with van der Waals surface area (Å²) in [5, 5.41) is 3.01. The molecule has 1 fully saturated rings. The topological polar surface area (TPSA) is 42.0 Å². The maximum atomic E-state index is 12.4. The van der Waals surface area contributed by atoms with E-state index in [1.165, 1.54) is 11.5 Å². The molecule has 0 saturated carbocycles. The van der Waals surface area contributed by atoms with Gasteiger partial charge in [-0.1, -0.05) is 18.6 Å². The van der Waals surface area contributed by atoms with Crippen molar-refractivity contribution in [2.45, 2.75) is 24.0 Å². The van der Waals surface area contributed by atoms with Gasteiger partial charge in [-0.25, -0.2) is 4.37 Å². The summed E-state index contributed by atoms with van der Waals surface area (Å²) >= 11 is 6.79. The molecule has 0 aliphatic carbocycles. The standard InChI is InChI=1S/C10H14N2OS3/c1-11-9(14)10(8-4-6-12-15-8)5-2-3-7-16(10)13/h4,6H,2-3,5,7H2,1H3,(H,11,14)/t10-,16-/m1/s1. The molecule has 2 rings (SSSR count). The van der Waals surface area contributed by atoms with E-state index in [-0.39, 0.29) is 0 Å². The Morgan fingerprint density at radius 1 is 1.69 bits per heavy atom. The van der Waals surface area contributed by atoms with Gasteiger partial charge in [0, 0.05) is 29.8 Å². The van der Waals surface area contributed by atoms with Gasteiger partial charge in [0.05, 0.1) is 9.87 Å². The molecule has 2 atom stereocenters. The van der Waals surface area contributed by atoms with E-state index in [0.717, 1.165) is 29.9 Å². The molecule has 1 aromatic rings. The molecule has 0 amide bonds. The maximum absolute atomic E-state index is 12.4. The Labute approximate surface area is 107 Å². The number of likely N-dealkylation sites (N-methyl/N-ethyl adjacent to an activating group) is 1. The van der Waals surface area contributed by atoms with E-state index in [0.29, 0.717) is 4.99 Å². The molecular formula is C10H14N2OS3. The first-order valence-electron chi connectivity index (χ1n) is 5.23. The lowest BCUT2D eigenvalue weighted by Gasteiger charge is -2.35. The Morgan fingerprint density at radius 3 is 3.06 bits per heavy atom. The minimum Gasteiger partial charge on any atom is -0.381 e. The summed E-state index contributed by atoms with van der Waals surface area (Å²) in [6.07, 6.45) is 4.72. The van der Waals surface area contributed by atoms with Crippen LogP contribution in [0.25, 0.3) is 0 Å². The zero-order valence-corrected chi connectivity index (χ0v) is 11.5. The Kier molecular flexibility index (Phi) is 3.71. The summed E-state index contributed by atoms with van der Waals surface area (Å²) in [5.74, 6) is 0.736. The van der Waals surface area contributed by atoms with Crippen LogP contribution in [0.5, 0.6) is 0 Å². The van der Waals surface area contributed by atoms with Gasteiger partial charge in [0.1, 0.15) is 4.75 Å². The number of nitrogens with one attached hydrogen (secondary N) is 1. The van der Waals surface area contributed by atoms with Gasteiger partial charge in [-0.05, 0) is 30.4 Å². The molecular weight excluding hydrogens is 260 g/mol. The minimum atomic E-state index is -0.929. The van der Waals surface area contributed by atoms with Crippen LogP contribution < -0.4 is 5.32 Å². The van der Waals surface area contributed by atoms with E-state index in [1.807, 2.05) is 6.07 Å². The number of thiocarbonyl (C=S) groups is 1. The van der Waals surface area contributed by atoms with Crippen LogP contribution in [0, 0.1) is 0 Å². The van der Waals surface area contributed by atoms with E-state index in [2.05, 4.69) is 9.69 Å². The van der Waals surface area contributed by atoms with Crippen molar-refractivity contribution < 1.29 is 4.21 Å². The highest BCUT2D eigenvalue weighted by Gasteiger charge is 2.45. The van der Waals surface area contributed by atoms with Gasteiger partial charge in [0.2, 0.25) is 0 Å². The Hall–Kier alpha value is -0.330. The second-order valence-corrected chi connectivity index (χ2v) is 6.83. The van der Waals surface area contributed by atoms with Gasteiger partial charge in [0.15, 0.2) is 0 Å². The number of hydrogen-bond donors (Lipinski definition) is 1. The highest BCUT2D eigenvalue weighted by molar-refractivity contribution is 7.90. The third-order valence-electron chi connectivity index (χ3n) is 2.93. The summed E-state index contributed by atoms with van der Waals surface area (Å²) in [5.41, 5.74) is 0. The van der Waals surface area contributed by atoms with Crippen molar-refractivity contribution in [1.29, 1.82) is 0 Å². The molecule has 88 valence electrons. The largest absolute Gasteiger partial charge is 0.381 e. The maximum Gasteiger partial charge on any atom is 0.131 e. The average Bonchev–Trinajstić information content (AvgIpc) is 2.83. The molecule has 1 aliphatic heterocycles. The fourth-order valence-corrected chi connectivity index (χ4v) is 5.53. The van der Waals surface area contributed by atoms with Crippen LogP contribution in [0.4, 0.5) is 0 Å². The summed E-state index contributed by atoms with van der Waals surface area (Å²) < 4.78 is 16.0. The van der Waals surface area contributed by atoms with Crippen molar-refractivity contribution in [3.8, 4) is 0 Å². The Morgan fingerprint density at radius 2 is 2.50 bits per heavy atom. The van der Waals surface area contributed by atoms with Crippen molar-refractivity contribution >= 4 is 39.5 Å². The lowest BCUT2D eigenvalue weighted by Crippen LogP contribution is -2.47. The fraction of sp³-hybridized carbons (Fsp3) is 0.600. The normalized spacial score (nSPS) is 29.9. The van der Waals surface area contributed by atoms with Crippen LogP contribution >= 0.6 is 23.8 Å². The second-order valence-electron chi connectivity index (χ2n) is 3.79. The van der Waals surface area contributed by atoms with Crippen molar-refractivity contribution in [2.24, 2.45) is 0 Å². The Bertz CT molecular complexity index is 394. The number of nitrogens with zero attached hydrogens (tertiary/aromatic N) is 1. The zero-order valence-electron chi connectivity index (χ0n) is 9.06. The van der Waals surface area contributed by atoms with Crippen molar-refractivity contribution in [1.82, 2.24) is 9.69 Å². The van der Waals surface area contributed by atoms with Gasteiger partial charge in [-0.15, -0.1) is 0 Å². The molecule has 1 aliphatic rings. The van der Waals surface area contributed by atoms with E-state index in [9.17, 15) is 4.21 Å². The van der Waals surface area contributed by atoms with E-state index in [1.54, 1.807) is 13.2 Å². The van der Waals surface area contributed by atoms with E-state index in [4.69, 9.17) is 12.2 Å².